The highest BCUT2D eigenvalue weighted by Gasteiger charge is 2.24. The first-order valence-corrected chi connectivity index (χ1v) is 12.3. The lowest BCUT2D eigenvalue weighted by molar-refractivity contribution is -0.130. The molecule has 2 aromatic heterocycles. The Bertz CT molecular complexity index is 1210. The van der Waals surface area contributed by atoms with E-state index in [2.05, 4.69) is 19.8 Å². The van der Waals surface area contributed by atoms with Gasteiger partial charge in [-0.25, -0.2) is 9.97 Å². The van der Waals surface area contributed by atoms with E-state index < -0.39 is 0 Å². The topological polar surface area (TPSA) is 83.4 Å². The van der Waals surface area contributed by atoms with Crippen LogP contribution in [0.25, 0.3) is 11.2 Å². The Morgan fingerprint density at radius 3 is 2.53 bits per heavy atom. The van der Waals surface area contributed by atoms with Gasteiger partial charge < -0.3 is 19.7 Å². The maximum absolute atomic E-state index is 13.1. The number of carbonyl (C=O) groups excluding carboxylic acids is 2. The van der Waals surface area contributed by atoms with Crippen LogP contribution in [0.3, 0.4) is 0 Å². The van der Waals surface area contributed by atoms with Gasteiger partial charge in [-0.2, -0.15) is 0 Å². The SMILES string of the molecule is Cc1cc(C(=O)NCC(=O)N2CCN(c3ccc(Cl)cc3)CC2)c2nc3n(c2n1)CCCCC3. The number of anilines is 1. The number of piperazine rings is 1. The number of halogens is 1. The van der Waals surface area contributed by atoms with Gasteiger partial charge in [0.2, 0.25) is 5.91 Å². The number of pyridine rings is 1. The summed E-state index contributed by atoms with van der Waals surface area (Å²) in [5.74, 6) is 0.637. The van der Waals surface area contributed by atoms with Crippen molar-refractivity contribution >= 4 is 40.3 Å². The van der Waals surface area contributed by atoms with Crippen LogP contribution in [0.4, 0.5) is 5.69 Å². The number of nitrogens with one attached hydrogen (secondary N) is 1. The summed E-state index contributed by atoms with van der Waals surface area (Å²) in [5, 5.41) is 3.53. The fourth-order valence-electron chi connectivity index (χ4n) is 4.82. The summed E-state index contributed by atoms with van der Waals surface area (Å²) in [7, 11) is 0. The van der Waals surface area contributed by atoms with Gasteiger partial charge in [0.1, 0.15) is 11.3 Å². The van der Waals surface area contributed by atoms with Crippen LogP contribution >= 0.6 is 11.6 Å². The molecule has 8 nitrogen and oxygen atoms in total. The molecule has 5 rings (SSSR count). The molecule has 0 atom stereocenters. The molecule has 2 amide bonds. The van der Waals surface area contributed by atoms with Gasteiger partial charge in [-0.1, -0.05) is 18.0 Å². The first-order valence-electron chi connectivity index (χ1n) is 11.9. The summed E-state index contributed by atoms with van der Waals surface area (Å²) in [6.07, 6.45) is 4.27. The van der Waals surface area contributed by atoms with Gasteiger partial charge in [0.15, 0.2) is 5.65 Å². The summed E-state index contributed by atoms with van der Waals surface area (Å²) in [4.78, 5) is 39.3. The van der Waals surface area contributed by atoms with E-state index in [0.29, 0.717) is 29.2 Å². The minimum atomic E-state index is -0.281. The smallest absolute Gasteiger partial charge is 0.254 e. The van der Waals surface area contributed by atoms with Crippen molar-refractivity contribution < 1.29 is 9.59 Å². The number of nitrogens with zero attached hydrogens (tertiary/aromatic N) is 5. The average molecular weight is 481 g/mol. The number of hydrogen-bond acceptors (Lipinski definition) is 5. The van der Waals surface area contributed by atoms with Gasteiger partial charge in [0.25, 0.3) is 5.91 Å². The third-order valence-corrected chi connectivity index (χ3v) is 6.91. The molecule has 9 heteroatoms. The number of fused-ring (bicyclic) bond motifs is 3. The van der Waals surface area contributed by atoms with Gasteiger partial charge >= 0.3 is 0 Å². The Labute approximate surface area is 203 Å². The summed E-state index contributed by atoms with van der Waals surface area (Å²) >= 11 is 5.98. The van der Waals surface area contributed by atoms with Crippen molar-refractivity contribution in [2.24, 2.45) is 0 Å². The fraction of sp³-hybridized carbons (Fsp3) is 0.440. The second-order valence-corrected chi connectivity index (χ2v) is 9.44. The number of aromatic nitrogens is 3. The van der Waals surface area contributed by atoms with E-state index in [1.165, 1.54) is 6.42 Å². The van der Waals surface area contributed by atoms with Crippen LogP contribution in [0.15, 0.2) is 30.3 Å². The quantitative estimate of drug-likeness (QED) is 0.620. The lowest BCUT2D eigenvalue weighted by Crippen LogP contribution is -2.51. The summed E-state index contributed by atoms with van der Waals surface area (Å²) < 4.78 is 2.15. The van der Waals surface area contributed by atoms with Crippen molar-refractivity contribution in [2.45, 2.75) is 39.2 Å². The van der Waals surface area contributed by atoms with Crippen molar-refractivity contribution in [1.82, 2.24) is 24.8 Å². The highest BCUT2D eigenvalue weighted by atomic mass is 35.5. The average Bonchev–Trinajstić information content (AvgIpc) is 3.02. The van der Waals surface area contributed by atoms with Gasteiger partial charge in [-0.15, -0.1) is 0 Å². The lowest BCUT2D eigenvalue weighted by atomic mass is 10.2. The zero-order valence-corrected chi connectivity index (χ0v) is 20.1. The highest BCUT2D eigenvalue weighted by molar-refractivity contribution is 6.30. The number of carbonyl (C=O) groups is 2. The van der Waals surface area contributed by atoms with Crippen molar-refractivity contribution in [1.29, 1.82) is 0 Å². The monoisotopic (exact) mass is 480 g/mol. The third-order valence-electron chi connectivity index (χ3n) is 6.66. The molecule has 0 radical (unpaired) electrons. The predicted molar refractivity (Wildman–Crippen MR) is 132 cm³/mol. The maximum atomic E-state index is 13.1. The molecule has 4 heterocycles. The molecule has 2 aliphatic rings. The normalized spacial score (nSPS) is 16.3. The number of amides is 2. The molecule has 0 aliphatic carbocycles. The Morgan fingerprint density at radius 2 is 1.76 bits per heavy atom. The van der Waals surface area contributed by atoms with Crippen LogP contribution in [0.2, 0.25) is 5.02 Å². The van der Waals surface area contributed by atoms with Crippen LogP contribution < -0.4 is 10.2 Å². The molecular formula is C25H29ClN6O2. The van der Waals surface area contributed by atoms with Crippen LogP contribution in [0.5, 0.6) is 0 Å². The van der Waals surface area contributed by atoms with Gasteiger partial charge in [-0.05, 0) is 50.1 Å². The minimum absolute atomic E-state index is 0.0315. The molecule has 2 aliphatic heterocycles. The summed E-state index contributed by atoms with van der Waals surface area (Å²) in [5.41, 5.74) is 3.76. The molecule has 0 spiro atoms. The molecule has 0 unspecified atom stereocenters. The summed E-state index contributed by atoms with van der Waals surface area (Å²) in [6, 6.07) is 9.50. The molecule has 1 fully saturated rings. The molecule has 1 aromatic carbocycles. The first-order chi connectivity index (χ1) is 16.5. The Balaban J connectivity index is 1.22. The predicted octanol–water partition coefficient (Wildman–Crippen LogP) is 3.20. The molecule has 0 bridgehead atoms. The molecule has 1 saturated heterocycles. The Kier molecular flexibility index (Phi) is 6.41. The van der Waals surface area contributed by atoms with Crippen LogP contribution in [0.1, 0.15) is 41.1 Å². The van der Waals surface area contributed by atoms with Crippen molar-refractivity contribution in [3.05, 3.63) is 52.4 Å². The van der Waals surface area contributed by atoms with E-state index in [1.54, 1.807) is 11.0 Å². The van der Waals surface area contributed by atoms with E-state index >= 15 is 0 Å². The fourth-order valence-corrected chi connectivity index (χ4v) is 4.94. The third kappa shape index (κ3) is 4.59. The largest absolute Gasteiger partial charge is 0.368 e. The van der Waals surface area contributed by atoms with E-state index in [-0.39, 0.29) is 18.4 Å². The molecule has 0 saturated carbocycles. The van der Waals surface area contributed by atoms with Crippen molar-refractivity contribution in [3.63, 3.8) is 0 Å². The minimum Gasteiger partial charge on any atom is -0.368 e. The van der Waals surface area contributed by atoms with Gasteiger partial charge in [0.05, 0.1) is 12.1 Å². The second kappa shape index (κ2) is 9.62. The van der Waals surface area contributed by atoms with Gasteiger partial charge in [-0.3, -0.25) is 9.59 Å². The van der Waals surface area contributed by atoms with E-state index in [4.69, 9.17) is 16.6 Å². The van der Waals surface area contributed by atoms with E-state index in [9.17, 15) is 9.59 Å². The van der Waals surface area contributed by atoms with E-state index in [0.717, 1.165) is 61.7 Å². The van der Waals surface area contributed by atoms with Gasteiger partial charge in [0, 0.05) is 55.5 Å². The number of imidazole rings is 1. The number of rotatable bonds is 4. The molecule has 1 N–H and O–H groups in total. The Hall–Kier alpha value is -3.13. The number of hydrogen-bond donors (Lipinski definition) is 1. The first kappa shape index (κ1) is 22.7. The number of benzene rings is 1. The zero-order chi connectivity index (χ0) is 23.7. The maximum Gasteiger partial charge on any atom is 0.254 e. The zero-order valence-electron chi connectivity index (χ0n) is 19.4. The summed E-state index contributed by atoms with van der Waals surface area (Å²) in [6.45, 7) is 5.45. The molecular weight excluding hydrogens is 452 g/mol. The second-order valence-electron chi connectivity index (χ2n) is 9.00. The number of aryl methyl sites for hydroxylation is 3. The van der Waals surface area contributed by atoms with Crippen LogP contribution in [-0.2, 0) is 17.8 Å². The highest BCUT2D eigenvalue weighted by Crippen LogP contribution is 2.24. The Morgan fingerprint density at radius 1 is 1.00 bits per heavy atom. The molecule has 178 valence electrons. The lowest BCUT2D eigenvalue weighted by Gasteiger charge is -2.36. The van der Waals surface area contributed by atoms with Crippen LogP contribution in [-0.4, -0.2) is 64.0 Å². The standard InChI is InChI=1S/C25H29ClN6O2/c1-17-15-20(23-24(28-17)32-10-4-2-3-5-21(32)29-23)25(34)27-16-22(33)31-13-11-30(12-14-31)19-8-6-18(26)7-9-19/h6-9,15H,2-5,10-14,16H2,1H3,(H,27,34). The molecule has 34 heavy (non-hydrogen) atoms. The van der Waals surface area contributed by atoms with E-state index in [1.807, 2.05) is 31.2 Å². The van der Waals surface area contributed by atoms with Crippen molar-refractivity contribution in [2.75, 3.05) is 37.6 Å². The van der Waals surface area contributed by atoms with Crippen molar-refractivity contribution in [3.8, 4) is 0 Å². The van der Waals surface area contributed by atoms with Crippen LogP contribution in [0, 0.1) is 6.92 Å². The molecule has 3 aromatic rings.